The van der Waals surface area contributed by atoms with Crippen molar-refractivity contribution in [2.75, 3.05) is 13.1 Å². The average molecular weight is 126 g/mol. The summed E-state index contributed by atoms with van der Waals surface area (Å²) in [6.07, 6.45) is 4.22. The van der Waals surface area contributed by atoms with E-state index >= 15 is 0 Å². The zero-order valence-electron chi connectivity index (χ0n) is 6.48. The van der Waals surface area contributed by atoms with E-state index in [0.29, 0.717) is 0 Å². The molecule has 9 heavy (non-hydrogen) atoms. The molecule has 1 heterocycles. The number of hydrogen-bond donors (Lipinski definition) is 0. The molecular formula is C8H16N. The first-order valence-corrected chi connectivity index (χ1v) is 3.86. The quantitative estimate of drug-likeness (QED) is 0.519. The summed E-state index contributed by atoms with van der Waals surface area (Å²) in [4.78, 5) is 2.48. The van der Waals surface area contributed by atoms with Crippen LogP contribution in [0.3, 0.4) is 0 Å². The van der Waals surface area contributed by atoms with Gasteiger partial charge in [-0.1, -0.05) is 6.42 Å². The summed E-state index contributed by atoms with van der Waals surface area (Å²) < 4.78 is 0. The Kier molecular flexibility index (Phi) is 2.52. The standard InChI is InChI=1S/C8H16N/c1-8(2)9-6-4-3-5-7-9/h3-7H2,1-2H3. The molecule has 0 aromatic rings. The Balaban J connectivity index is 2.23. The molecule has 1 aliphatic heterocycles. The lowest BCUT2D eigenvalue weighted by atomic mass is 10.1. The molecule has 0 aromatic carbocycles. The summed E-state index contributed by atoms with van der Waals surface area (Å²) >= 11 is 0. The molecule has 1 fully saturated rings. The molecule has 0 aliphatic carbocycles. The minimum absolute atomic E-state index is 1.29. The Morgan fingerprint density at radius 3 is 1.89 bits per heavy atom. The van der Waals surface area contributed by atoms with Gasteiger partial charge in [0.15, 0.2) is 0 Å². The second-order valence-corrected chi connectivity index (χ2v) is 2.99. The van der Waals surface area contributed by atoms with Crippen LogP contribution in [0.15, 0.2) is 0 Å². The second kappa shape index (κ2) is 3.21. The van der Waals surface area contributed by atoms with Gasteiger partial charge in [-0.15, -0.1) is 0 Å². The number of hydrogen-bond acceptors (Lipinski definition) is 1. The molecule has 0 atom stereocenters. The first-order valence-electron chi connectivity index (χ1n) is 3.86. The van der Waals surface area contributed by atoms with Gasteiger partial charge in [-0.2, -0.15) is 0 Å². The number of rotatable bonds is 1. The predicted molar refractivity (Wildman–Crippen MR) is 40.0 cm³/mol. The third kappa shape index (κ3) is 1.98. The molecule has 1 radical (unpaired) electrons. The summed E-state index contributed by atoms with van der Waals surface area (Å²) in [7, 11) is 0. The van der Waals surface area contributed by atoms with Crippen molar-refractivity contribution in [2.24, 2.45) is 0 Å². The first-order chi connectivity index (χ1) is 4.30. The largest absolute Gasteiger partial charge is 0.296 e. The number of nitrogens with zero attached hydrogens (tertiary/aromatic N) is 1. The smallest absolute Gasteiger partial charge is 0.0331 e. The van der Waals surface area contributed by atoms with Crippen molar-refractivity contribution in [3.8, 4) is 0 Å². The van der Waals surface area contributed by atoms with E-state index in [1.165, 1.54) is 38.4 Å². The van der Waals surface area contributed by atoms with Crippen molar-refractivity contribution in [1.82, 2.24) is 4.90 Å². The lowest BCUT2D eigenvalue weighted by Gasteiger charge is -2.29. The van der Waals surface area contributed by atoms with Gasteiger partial charge in [0, 0.05) is 6.04 Å². The van der Waals surface area contributed by atoms with Gasteiger partial charge < -0.3 is 0 Å². The van der Waals surface area contributed by atoms with Crippen molar-refractivity contribution in [2.45, 2.75) is 33.1 Å². The van der Waals surface area contributed by atoms with Gasteiger partial charge >= 0.3 is 0 Å². The molecule has 0 N–H and O–H groups in total. The van der Waals surface area contributed by atoms with Gasteiger partial charge in [0.2, 0.25) is 0 Å². The summed E-state index contributed by atoms with van der Waals surface area (Å²) in [5.74, 6) is 0. The molecule has 0 unspecified atom stereocenters. The van der Waals surface area contributed by atoms with E-state index < -0.39 is 0 Å². The highest BCUT2D eigenvalue weighted by atomic mass is 15.1. The summed E-state index contributed by atoms with van der Waals surface area (Å²) in [5.41, 5.74) is 0. The Hall–Kier alpha value is -0.0400. The van der Waals surface area contributed by atoms with Gasteiger partial charge in [-0.3, -0.25) is 4.90 Å². The van der Waals surface area contributed by atoms with Crippen molar-refractivity contribution in [3.63, 3.8) is 0 Å². The zero-order valence-corrected chi connectivity index (χ0v) is 6.48. The highest BCUT2D eigenvalue weighted by Crippen LogP contribution is 2.14. The van der Waals surface area contributed by atoms with Crippen LogP contribution in [0.25, 0.3) is 0 Å². The third-order valence-corrected chi connectivity index (χ3v) is 1.99. The fraction of sp³-hybridized carbons (Fsp3) is 0.875. The van der Waals surface area contributed by atoms with Crippen molar-refractivity contribution >= 4 is 0 Å². The van der Waals surface area contributed by atoms with Crippen LogP contribution in [0.4, 0.5) is 0 Å². The minimum Gasteiger partial charge on any atom is -0.296 e. The van der Waals surface area contributed by atoms with Crippen LogP contribution in [0.1, 0.15) is 33.1 Å². The predicted octanol–water partition coefficient (Wildman–Crippen LogP) is 2.04. The van der Waals surface area contributed by atoms with Crippen LogP contribution < -0.4 is 0 Å². The minimum atomic E-state index is 1.29. The summed E-state index contributed by atoms with van der Waals surface area (Å²) in [6.45, 7) is 6.99. The molecule has 0 amide bonds. The fourth-order valence-electron chi connectivity index (χ4n) is 1.34. The van der Waals surface area contributed by atoms with E-state index in [-0.39, 0.29) is 0 Å². The van der Waals surface area contributed by atoms with E-state index in [1.807, 2.05) is 0 Å². The summed E-state index contributed by atoms with van der Waals surface area (Å²) in [6, 6.07) is 1.48. The second-order valence-electron chi connectivity index (χ2n) is 2.99. The molecule has 0 bridgehead atoms. The SMILES string of the molecule is C[C](C)N1CCCCC1. The topological polar surface area (TPSA) is 3.24 Å². The molecule has 0 saturated carbocycles. The summed E-state index contributed by atoms with van der Waals surface area (Å²) in [5, 5.41) is 0. The van der Waals surface area contributed by atoms with Crippen molar-refractivity contribution in [3.05, 3.63) is 6.04 Å². The van der Waals surface area contributed by atoms with Crippen molar-refractivity contribution in [1.29, 1.82) is 0 Å². The van der Waals surface area contributed by atoms with Crippen LogP contribution in [0.2, 0.25) is 0 Å². The maximum Gasteiger partial charge on any atom is 0.0331 e. The lowest BCUT2D eigenvalue weighted by Crippen LogP contribution is -2.30. The Morgan fingerprint density at radius 2 is 1.56 bits per heavy atom. The van der Waals surface area contributed by atoms with Gasteiger partial charge in [0.1, 0.15) is 0 Å². The molecular weight excluding hydrogens is 110 g/mol. The molecule has 0 spiro atoms. The Morgan fingerprint density at radius 1 is 1.00 bits per heavy atom. The van der Waals surface area contributed by atoms with Gasteiger partial charge in [0.05, 0.1) is 0 Å². The van der Waals surface area contributed by atoms with Crippen LogP contribution in [0.5, 0.6) is 0 Å². The van der Waals surface area contributed by atoms with E-state index in [2.05, 4.69) is 18.7 Å². The molecule has 1 aliphatic rings. The number of piperidine rings is 1. The van der Waals surface area contributed by atoms with Crippen LogP contribution in [-0.4, -0.2) is 18.0 Å². The van der Waals surface area contributed by atoms with Crippen molar-refractivity contribution < 1.29 is 0 Å². The lowest BCUT2D eigenvalue weighted by molar-refractivity contribution is 0.245. The van der Waals surface area contributed by atoms with Gasteiger partial charge in [-0.05, 0) is 39.8 Å². The average Bonchev–Trinajstić information content (AvgIpc) is 1.90. The van der Waals surface area contributed by atoms with E-state index in [4.69, 9.17) is 0 Å². The van der Waals surface area contributed by atoms with Gasteiger partial charge in [-0.25, -0.2) is 0 Å². The molecule has 1 rings (SSSR count). The van der Waals surface area contributed by atoms with E-state index in [9.17, 15) is 0 Å². The zero-order chi connectivity index (χ0) is 6.69. The van der Waals surface area contributed by atoms with Crippen LogP contribution in [-0.2, 0) is 0 Å². The number of likely N-dealkylation sites (tertiary alicyclic amines) is 1. The monoisotopic (exact) mass is 126 g/mol. The van der Waals surface area contributed by atoms with Gasteiger partial charge in [0.25, 0.3) is 0 Å². The molecule has 0 aromatic heterocycles. The Labute approximate surface area is 58.0 Å². The van der Waals surface area contributed by atoms with Crippen LogP contribution >= 0.6 is 0 Å². The first kappa shape index (κ1) is 7.07. The van der Waals surface area contributed by atoms with Crippen LogP contribution in [0, 0.1) is 6.04 Å². The maximum absolute atomic E-state index is 2.48. The van der Waals surface area contributed by atoms with E-state index in [1.54, 1.807) is 0 Å². The Bertz CT molecular complexity index is 72.6. The molecule has 53 valence electrons. The third-order valence-electron chi connectivity index (χ3n) is 1.99. The molecule has 1 heteroatoms. The highest BCUT2D eigenvalue weighted by Gasteiger charge is 2.12. The highest BCUT2D eigenvalue weighted by molar-refractivity contribution is 4.80. The fourth-order valence-corrected chi connectivity index (χ4v) is 1.34. The normalized spacial score (nSPS) is 23.0. The molecule has 1 saturated heterocycles. The molecule has 1 nitrogen and oxygen atoms in total. The van der Waals surface area contributed by atoms with E-state index in [0.717, 1.165) is 0 Å². The maximum atomic E-state index is 2.48.